The van der Waals surface area contributed by atoms with E-state index in [1.54, 1.807) is 0 Å². The van der Waals surface area contributed by atoms with Crippen LogP contribution in [0.2, 0.25) is 0 Å². The third-order valence-electron chi connectivity index (χ3n) is 2.99. The number of rotatable bonds is 4. The van der Waals surface area contributed by atoms with Crippen LogP contribution in [0.5, 0.6) is 0 Å². The van der Waals surface area contributed by atoms with Gasteiger partial charge in [-0.3, -0.25) is 9.59 Å². The largest absolute Gasteiger partial charge is 0.390 e. The topological polar surface area (TPSA) is 69.6 Å². The molecule has 1 aliphatic heterocycles. The van der Waals surface area contributed by atoms with E-state index in [0.29, 0.717) is 19.4 Å². The zero-order valence-corrected chi connectivity index (χ0v) is 10.3. The fraction of sp³-hybridized carbons (Fsp3) is 0.818. The molecule has 1 fully saturated rings. The van der Waals surface area contributed by atoms with Crippen LogP contribution < -0.4 is 5.32 Å². The number of likely N-dealkylation sites (tertiary alicyclic amines) is 1. The van der Waals surface area contributed by atoms with Crippen LogP contribution >= 0.6 is 0 Å². The van der Waals surface area contributed by atoms with E-state index in [9.17, 15) is 18.4 Å². The van der Waals surface area contributed by atoms with Gasteiger partial charge in [-0.1, -0.05) is 0 Å². The van der Waals surface area contributed by atoms with Crippen LogP contribution in [0.4, 0.5) is 8.78 Å². The Kier molecular flexibility index (Phi) is 5.01. The molecular formula is C11H18F2N2O3. The maximum absolute atomic E-state index is 12.8. The Morgan fingerprint density at radius 2 is 2.17 bits per heavy atom. The zero-order valence-electron chi connectivity index (χ0n) is 10.3. The Morgan fingerprint density at radius 3 is 2.72 bits per heavy atom. The second-order valence-electron chi connectivity index (χ2n) is 4.54. The van der Waals surface area contributed by atoms with Gasteiger partial charge in [0.05, 0.1) is 12.5 Å². The van der Waals surface area contributed by atoms with Crippen molar-refractivity contribution in [1.29, 1.82) is 0 Å². The first kappa shape index (κ1) is 14.8. The third-order valence-corrected chi connectivity index (χ3v) is 2.99. The van der Waals surface area contributed by atoms with Crippen LogP contribution in [-0.2, 0) is 9.59 Å². The number of aliphatic hydroxyl groups is 1. The molecule has 0 saturated carbocycles. The summed E-state index contributed by atoms with van der Waals surface area (Å²) in [7, 11) is 0. The first-order valence-corrected chi connectivity index (χ1v) is 5.87. The lowest BCUT2D eigenvalue weighted by atomic mass is 9.97. The smallest absolute Gasteiger partial charge is 0.287 e. The number of hydrogen-bond acceptors (Lipinski definition) is 3. The molecule has 1 atom stereocenters. The van der Waals surface area contributed by atoms with Crippen LogP contribution in [0.1, 0.15) is 19.8 Å². The van der Waals surface area contributed by atoms with E-state index in [0.717, 1.165) is 0 Å². The fourth-order valence-electron chi connectivity index (χ4n) is 1.89. The monoisotopic (exact) mass is 264 g/mol. The molecular weight excluding hydrogens is 246 g/mol. The van der Waals surface area contributed by atoms with Gasteiger partial charge in [0.2, 0.25) is 11.8 Å². The molecule has 1 rings (SSSR count). The lowest BCUT2D eigenvalue weighted by Gasteiger charge is -2.31. The minimum atomic E-state index is -3.30. The maximum atomic E-state index is 12.8. The van der Waals surface area contributed by atoms with Crippen LogP contribution in [0, 0.1) is 5.92 Å². The lowest BCUT2D eigenvalue weighted by molar-refractivity contribution is -0.135. The predicted octanol–water partition coefficient (Wildman–Crippen LogP) is -0.0113. The van der Waals surface area contributed by atoms with Crippen molar-refractivity contribution in [3.63, 3.8) is 0 Å². The van der Waals surface area contributed by atoms with Crippen molar-refractivity contribution in [3.05, 3.63) is 0 Å². The summed E-state index contributed by atoms with van der Waals surface area (Å²) >= 11 is 0. The number of nitrogens with one attached hydrogen (secondary N) is 1. The number of alkyl halides is 2. The van der Waals surface area contributed by atoms with E-state index in [1.807, 2.05) is 0 Å². The number of amides is 2. The van der Waals surface area contributed by atoms with Crippen LogP contribution in [0.25, 0.3) is 0 Å². The number of hydrogen-bond donors (Lipinski definition) is 2. The minimum Gasteiger partial charge on any atom is -0.390 e. The van der Waals surface area contributed by atoms with Gasteiger partial charge < -0.3 is 15.3 Å². The molecule has 1 unspecified atom stereocenters. The molecule has 0 spiro atoms. The van der Waals surface area contributed by atoms with Crippen molar-refractivity contribution in [2.75, 3.05) is 26.2 Å². The molecule has 0 aromatic heterocycles. The predicted molar refractivity (Wildman–Crippen MR) is 60.0 cm³/mol. The summed E-state index contributed by atoms with van der Waals surface area (Å²) < 4.78 is 25.5. The molecule has 5 nitrogen and oxygen atoms in total. The van der Waals surface area contributed by atoms with E-state index in [4.69, 9.17) is 5.11 Å². The van der Waals surface area contributed by atoms with Gasteiger partial charge in [-0.25, -0.2) is 8.78 Å². The summed E-state index contributed by atoms with van der Waals surface area (Å²) in [5.74, 6) is -4.36. The van der Waals surface area contributed by atoms with E-state index < -0.39 is 30.9 Å². The standard InChI is InChI=1S/C11H18F2N2O3/c1-8(17)15-4-2-3-9(5-15)10(18)14-6-11(12,13)7-16/h9,16H,2-7H2,1H3,(H,14,18). The van der Waals surface area contributed by atoms with Crippen LogP contribution in [0.15, 0.2) is 0 Å². The highest BCUT2D eigenvalue weighted by Gasteiger charge is 2.31. The Hall–Kier alpha value is -1.24. The van der Waals surface area contributed by atoms with Gasteiger partial charge in [0.15, 0.2) is 0 Å². The van der Waals surface area contributed by atoms with Gasteiger partial charge >= 0.3 is 0 Å². The summed E-state index contributed by atoms with van der Waals surface area (Å²) in [5, 5.41) is 10.5. The first-order chi connectivity index (χ1) is 8.35. The third kappa shape index (κ3) is 4.21. The second-order valence-corrected chi connectivity index (χ2v) is 4.54. The highest BCUT2D eigenvalue weighted by atomic mass is 19.3. The molecule has 0 bridgehead atoms. The summed E-state index contributed by atoms with van der Waals surface area (Å²) in [6.07, 6.45) is 1.27. The van der Waals surface area contributed by atoms with Crippen molar-refractivity contribution in [2.45, 2.75) is 25.7 Å². The highest BCUT2D eigenvalue weighted by molar-refractivity contribution is 5.80. The van der Waals surface area contributed by atoms with Gasteiger partial charge in [-0.15, -0.1) is 0 Å². The molecule has 1 aliphatic rings. The maximum Gasteiger partial charge on any atom is 0.287 e. The summed E-state index contributed by atoms with van der Waals surface area (Å²) in [6, 6.07) is 0. The lowest BCUT2D eigenvalue weighted by Crippen LogP contribution is -2.47. The molecule has 0 aromatic carbocycles. The van der Waals surface area contributed by atoms with Gasteiger partial charge in [0, 0.05) is 20.0 Å². The van der Waals surface area contributed by atoms with E-state index in [1.165, 1.54) is 11.8 Å². The number of nitrogens with zero attached hydrogens (tertiary/aromatic N) is 1. The summed E-state index contributed by atoms with van der Waals surface area (Å²) in [6.45, 7) is 0.119. The fourth-order valence-corrected chi connectivity index (χ4v) is 1.89. The molecule has 1 heterocycles. The van der Waals surface area contributed by atoms with Gasteiger partial charge in [0.1, 0.15) is 6.61 Å². The highest BCUT2D eigenvalue weighted by Crippen LogP contribution is 2.17. The van der Waals surface area contributed by atoms with Crippen molar-refractivity contribution in [3.8, 4) is 0 Å². The number of aliphatic hydroxyl groups excluding tert-OH is 1. The number of carbonyl (C=O) groups excluding carboxylic acids is 2. The van der Waals surface area contributed by atoms with Crippen molar-refractivity contribution >= 4 is 11.8 Å². The van der Waals surface area contributed by atoms with Crippen LogP contribution in [-0.4, -0.2) is 54.0 Å². The Balaban J connectivity index is 2.44. The first-order valence-electron chi connectivity index (χ1n) is 5.87. The van der Waals surface area contributed by atoms with Gasteiger partial charge in [0.25, 0.3) is 5.92 Å². The molecule has 7 heteroatoms. The molecule has 2 amide bonds. The van der Waals surface area contributed by atoms with Crippen molar-refractivity contribution in [1.82, 2.24) is 10.2 Å². The molecule has 0 radical (unpaired) electrons. The van der Waals surface area contributed by atoms with Crippen molar-refractivity contribution < 1.29 is 23.5 Å². The van der Waals surface area contributed by atoms with E-state index in [-0.39, 0.29) is 12.5 Å². The van der Waals surface area contributed by atoms with Gasteiger partial charge in [-0.05, 0) is 12.8 Å². The Morgan fingerprint density at radius 1 is 1.50 bits per heavy atom. The van der Waals surface area contributed by atoms with Crippen LogP contribution in [0.3, 0.4) is 0 Å². The second kappa shape index (κ2) is 6.08. The zero-order chi connectivity index (χ0) is 13.8. The minimum absolute atomic E-state index is 0.117. The molecule has 104 valence electrons. The molecule has 1 saturated heterocycles. The number of halogens is 2. The molecule has 2 N–H and O–H groups in total. The normalized spacial score (nSPS) is 20.7. The summed E-state index contributed by atoms with van der Waals surface area (Å²) in [4.78, 5) is 24.4. The average Bonchev–Trinajstić information content (AvgIpc) is 2.36. The summed E-state index contributed by atoms with van der Waals surface area (Å²) in [5.41, 5.74) is 0. The average molecular weight is 264 g/mol. The Bertz CT molecular complexity index is 323. The quantitative estimate of drug-likeness (QED) is 0.750. The number of carbonyl (C=O) groups is 2. The van der Waals surface area contributed by atoms with E-state index >= 15 is 0 Å². The van der Waals surface area contributed by atoms with Gasteiger partial charge in [-0.2, -0.15) is 0 Å². The van der Waals surface area contributed by atoms with E-state index in [2.05, 4.69) is 5.32 Å². The Labute approximate surface area is 104 Å². The molecule has 0 aliphatic carbocycles. The SMILES string of the molecule is CC(=O)N1CCCC(C(=O)NCC(F)(F)CO)C1. The van der Waals surface area contributed by atoms with Crippen molar-refractivity contribution in [2.24, 2.45) is 5.92 Å². The number of piperidine rings is 1. The molecule has 18 heavy (non-hydrogen) atoms. The molecule has 0 aromatic rings.